The van der Waals surface area contributed by atoms with Gasteiger partial charge in [-0.15, -0.1) is 0 Å². The van der Waals surface area contributed by atoms with Crippen LogP contribution in [-0.4, -0.2) is 29.6 Å². The van der Waals surface area contributed by atoms with E-state index in [1.54, 1.807) is 0 Å². The second-order valence-corrected chi connectivity index (χ2v) is 7.55. The number of carbonyl (C=O) groups is 1. The molecule has 6 nitrogen and oxygen atoms in total. The third-order valence-corrected chi connectivity index (χ3v) is 5.46. The lowest BCUT2D eigenvalue weighted by atomic mass is 9.94. The highest BCUT2D eigenvalue weighted by atomic mass is 32.2. The first-order valence-corrected chi connectivity index (χ1v) is 8.75. The first kappa shape index (κ1) is 15.5. The number of esters is 1. The molecule has 0 bridgehead atoms. The van der Waals surface area contributed by atoms with Gasteiger partial charge in [-0.1, -0.05) is 12.8 Å². The maximum atomic E-state index is 12.1. The quantitative estimate of drug-likeness (QED) is 0.497. The van der Waals surface area contributed by atoms with Gasteiger partial charge in [0.25, 0.3) is 10.1 Å². The SMILES string of the molecule is O=C(Oc1ccc(S(=O)(=O)O)cc1)C1CC1C1(O)CCCC1. The van der Waals surface area contributed by atoms with Crippen LogP contribution < -0.4 is 4.74 Å². The third-order valence-electron chi connectivity index (χ3n) is 4.59. The van der Waals surface area contributed by atoms with E-state index in [0.717, 1.165) is 25.7 Å². The standard InChI is InChI=1S/C15H18O6S/c16-14(12-9-13(12)15(17)7-1-2-8-15)21-10-3-5-11(6-4-10)22(18,19)20/h3-6,12-13,17H,1-2,7-9H2,(H,18,19,20). The summed E-state index contributed by atoms with van der Waals surface area (Å²) in [5, 5.41) is 10.4. The van der Waals surface area contributed by atoms with Crippen LogP contribution in [0.3, 0.4) is 0 Å². The van der Waals surface area contributed by atoms with Crippen LogP contribution in [0.5, 0.6) is 5.75 Å². The number of hydrogen-bond acceptors (Lipinski definition) is 5. The van der Waals surface area contributed by atoms with Crippen LogP contribution in [0, 0.1) is 11.8 Å². The fraction of sp³-hybridized carbons (Fsp3) is 0.533. The predicted molar refractivity (Wildman–Crippen MR) is 76.9 cm³/mol. The normalized spacial score (nSPS) is 26.6. The van der Waals surface area contributed by atoms with Gasteiger partial charge < -0.3 is 9.84 Å². The summed E-state index contributed by atoms with van der Waals surface area (Å²) in [6.07, 6.45) is 4.10. The van der Waals surface area contributed by atoms with Crippen molar-refractivity contribution >= 4 is 16.1 Å². The molecule has 7 heteroatoms. The van der Waals surface area contributed by atoms with E-state index in [2.05, 4.69) is 0 Å². The second-order valence-electron chi connectivity index (χ2n) is 6.13. The van der Waals surface area contributed by atoms with E-state index in [0.29, 0.717) is 6.42 Å². The summed E-state index contributed by atoms with van der Waals surface area (Å²) in [6.45, 7) is 0. The van der Waals surface area contributed by atoms with Gasteiger partial charge in [-0.05, 0) is 43.5 Å². The molecular formula is C15H18O6S. The van der Waals surface area contributed by atoms with Gasteiger partial charge in [0, 0.05) is 5.92 Å². The zero-order valence-electron chi connectivity index (χ0n) is 11.9. The molecule has 2 unspecified atom stereocenters. The van der Waals surface area contributed by atoms with Crippen LogP contribution in [0.15, 0.2) is 29.2 Å². The average molecular weight is 326 g/mol. The molecule has 0 aromatic heterocycles. The molecule has 0 aliphatic heterocycles. The zero-order valence-corrected chi connectivity index (χ0v) is 12.8. The van der Waals surface area contributed by atoms with E-state index in [4.69, 9.17) is 9.29 Å². The molecule has 120 valence electrons. The minimum Gasteiger partial charge on any atom is -0.426 e. The summed E-state index contributed by atoms with van der Waals surface area (Å²) < 4.78 is 36.0. The van der Waals surface area contributed by atoms with Crippen molar-refractivity contribution in [2.24, 2.45) is 11.8 Å². The highest BCUT2D eigenvalue weighted by Gasteiger charge is 2.56. The van der Waals surface area contributed by atoms with Gasteiger partial charge in [0.2, 0.25) is 0 Å². The Balaban J connectivity index is 1.61. The molecule has 2 atom stereocenters. The van der Waals surface area contributed by atoms with Gasteiger partial charge in [0.1, 0.15) is 5.75 Å². The first-order valence-electron chi connectivity index (χ1n) is 7.31. The molecule has 22 heavy (non-hydrogen) atoms. The average Bonchev–Trinajstić information content (AvgIpc) is 3.15. The summed E-state index contributed by atoms with van der Waals surface area (Å²) in [5.41, 5.74) is -0.724. The van der Waals surface area contributed by atoms with Crippen molar-refractivity contribution in [3.63, 3.8) is 0 Å². The summed E-state index contributed by atoms with van der Waals surface area (Å²) in [5.74, 6) is -0.490. The number of hydrogen-bond donors (Lipinski definition) is 2. The van der Waals surface area contributed by atoms with Gasteiger partial charge >= 0.3 is 5.97 Å². The maximum absolute atomic E-state index is 12.1. The molecule has 2 aliphatic rings. The topological polar surface area (TPSA) is 101 Å². The summed E-state index contributed by atoms with van der Waals surface area (Å²) >= 11 is 0. The Hall–Kier alpha value is -1.44. The molecule has 2 saturated carbocycles. The highest BCUT2D eigenvalue weighted by Crippen LogP contribution is 2.53. The van der Waals surface area contributed by atoms with Crippen molar-refractivity contribution in [1.29, 1.82) is 0 Å². The lowest BCUT2D eigenvalue weighted by Crippen LogP contribution is -2.29. The van der Waals surface area contributed by atoms with E-state index in [9.17, 15) is 18.3 Å². The third kappa shape index (κ3) is 3.02. The number of benzene rings is 1. The van der Waals surface area contributed by atoms with Crippen molar-refractivity contribution in [2.45, 2.75) is 42.6 Å². The Morgan fingerprint density at radius 2 is 1.77 bits per heavy atom. The lowest BCUT2D eigenvalue weighted by molar-refractivity contribution is -0.137. The molecule has 0 spiro atoms. The summed E-state index contributed by atoms with van der Waals surface area (Å²) in [6, 6.07) is 4.99. The van der Waals surface area contributed by atoms with Crippen LogP contribution in [0.25, 0.3) is 0 Å². The number of rotatable bonds is 4. The molecule has 2 fully saturated rings. The Morgan fingerprint density at radius 1 is 1.18 bits per heavy atom. The number of ether oxygens (including phenoxy) is 1. The lowest BCUT2D eigenvalue weighted by Gasteiger charge is -2.21. The smallest absolute Gasteiger partial charge is 0.314 e. The molecule has 1 aromatic carbocycles. The fourth-order valence-electron chi connectivity index (χ4n) is 3.28. The summed E-state index contributed by atoms with van der Waals surface area (Å²) in [7, 11) is -4.25. The van der Waals surface area contributed by atoms with E-state index in [1.165, 1.54) is 24.3 Å². The minimum absolute atomic E-state index is 0.0282. The molecule has 0 saturated heterocycles. The Labute approximate surface area is 128 Å². The molecule has 2 aliphatic carbocycles. The second kappa shape index (κ2) is 5.33. The molecule has 2 N–H and O–H groups in total. The molecule has 0 heterocycles. The van der Waals surface area contributed by atoms with Gasteiger partial charge in [0.15, 0.2) is 0 Å². The molecule has 0 radical (unpaired) electrons. The van der Waals surface area contributed by atoms with Gasteiger partial charge in [-0.25, -0.2) is 0 Å². The molecule has 1 aromatic rings. The molecule has 3 rings (SSSR count). The maximum Gasteiger partial charge on any atom is 0.314 e. The number of aliphatic hydroxyl groups is 1. The van der Waals surface area contributed by atoms with Crippen molar-refractivity contribution in [3.8, 4) is 5.75 Å². The van der Waals surface area contributed by atoms with Crippen LogP contribution in [0.2, 0.25) is 0 Å². The predicted octanol–water partition coefficient (Wildman–Crippen LogP) is 1.78. The highest BCUT2D eigenvalue weighted by molar-refractivity contribution is 7.85. The number of carbonyl (C=O) groups excluding carboxylic acids is 1. The Bertz CT molecular complexity index is 672. The van der Waals surface area contributed by atoms with Crippen LogP contribution in [0.4, 0.5) is 0 Å². The van der Waals surface area contributed by atoms with E-state index in [-0.39, 0.29) is 22.5 Å². The Morgan fingerprint density at radius 3 is 2.32 bits per heavy atom. The van der Waals surface area contributed by atoms with E-state index >= 15 is 0 Å². The van der Waals surface area contributed by atoms with Crippen molar-refractivity contribution in [1.82, 2.24) is 0 Å². The van der Waals surface area contributed by atoms with E-state index in [1.807, 2.05) is 0 Å². The van der Waals surface area contributed by atoms with Crippen LogP contribution >= 0.6 is 0 Å². The van der Waals surface area contributed by atoms with Crippen LogP contribution in [-0.2, 0) is 14.9 Å². The zero-order chi connectivity index (χ0) is 16.0. The monoisotopic (exact) mass is 326 g/mol. The van der Waals surface area contributed by atoms with Gasteiger partial charge in [0.05, 0.1) is 16.4 Å². The molecule has 0 amide bonds. The van der Waals surface area contributed by atoms with Crippen molar-refractivity contribution < 1.29 is 27.6 Å². The van der Waals surface area contributed by atoms with Crippen molar-refractivity contribution in [2.75, 3.05) is 0 Å². The van der Waals surface area contributed by atoms with Gasteiger partial charge in [-0.2, -0.15) is 8.42 Å². The first-order chi connectivity index (χ1) is 10.3. The summed E-state index contributed by atoms with van der Waals surface area (Å²) in [4.78, 5) is 11.8. The molecular weight excluding hydrogens is 308 g/mol. The van der Waals surface area contributed by atoms with Gasteiger partial charge in [-0.3, -0.25) is 9.35 Å². The Kier molecular flexibility index (Phi) is 3.74. The van der Waals surface area contributed by atoms with Crippen LogP contribution in [0.1, 0.15) is 32.1 Å². The van der Waals surface area contributed by atoms with E-state index < -0.39 is 21.7 Å². The minimum atomic E-state index is -4.25. The van der Waals surface area contributed by atoms with Crippen molar-refractivity contribution in [3.05, 3.63) is 24.3 Å². The fourth-order valence-corrected chi connectivity index (χ4v) is 3.76. The largest absolute Gasteiger partial charge is 0.426 e.